The lowest BCUT2D eigenvalue weighted by Crippen LogP contribution is -2.56. The van der Waals surface area contributed by atoms with Crippen molar-refractivity contribution >= 4 is 0 Å². The van der Waals surface area contributed by atoms with Gasteiger partial charge in [-0.1, -0.05) is 0 Å². The van der Waals surface area contributed by atoms with Crippen LogP contribution < -0.4 is 5.32 Å². The van der Waals surface area contributed by atoms with E-state index in [-0.39, 0.29) is 6.54 Å². The third kappa shape index (κ3) is 0.582. The molecule has 1 spiro atoms. The highest BCUT2D eigenvalue weighted by Crippen LogP contribution is 2.43. The van der Waals surface area contributed by atoms with Crippen LogP contribution in [0.4, 0.5) is 8.78 Å². The van der Waals surface area contributed by atoms with E-state index in [1.54, 1.807) is 0 Å². The molecule has 2 heterocycles. The fourth-order valence-corrected chi connectivity index (χ4v) is 1.49. The van der Waals surface area contributed by atoms with Crippen molar-refractivity contribution in [3.8, 4) is 0 Å². The van der Waals surface area contributed by atoms with Gasteiger partial charge in [0.25, 0.3) is 5.92 Å². The maximum Gasteiger partial charge on any atom is 0.289 e. The molecule has 0 amide bonds. The lowest BCUT2D eigenvalue weighted by Gasteiger charge is -2.41. The van der Waals surface area contributed by atoms with E-state index in [0.717, 1.165) is 0 Å². The van der Waals surface area contributed by atoms with Crippen molar-refractivity contribution in [1.29, 1.82) is 0 Å². The number of hydrogen-bond acceptors (Lipinski definition) is 2. The summed E-state index contributed by atoms with van der Waals surface area (Å²) in [7, 11) is 0. The minimum absolute atomic E-state index is 0.229. The van der Waals surface area contributed by atoms with Crippen molar-refractivity contribution < 1.29 is 13.5 Å². The fourth-order valence-electron chi connectivity index (χ4n) is 1.49. The highest BCUT2D eigenvalue weighted by molar-refractivity contribution is 5.07. The van der Waals surface area contributed by atoms with E-state index in [0.29, 0.717) is 19.6 Å². The summed E-state index contributed by atoms with van der Waals surface area (Å²) in [6, 6.07) is 0. The van der Waals surface area contributed by atoms with Crippen molar-refractivity contribution in [2.45, 2.75) is 17.9 Å². The Labute approximate surface area is 57.5 Å². The quantitative estimate of drug-likeness (QED) is 0.537. The molecule has 0 saturated carbocycles. The molecule has 2 saturated heterocycles. The van der Waals surface area contributed by atoms with Gasteiger partial charge in [-0.15, -0.1) is 0 Å². The molecule has 0 aliphatic carbocycles. The minimum Gasteiger partial charge on any atom is -0.367 e. The molecule has 2 aliphatic rings. The Bertz CT molecular complexity index is 156. The second kappa shape index (κ2) is 1.68. The van der Waals surface area contributed by atoms with Crippen LogP contribution in [0.2, 0.25) is 0 Å². The number of halogens is 2. The Morgan fingerprint density at radius 3 is 2.20 bits per heavy atom. The van der Waals surface area contributed by atoms with Gasteiger partial charge in [-0.3, -0.25) is 0 Å². The van der Waals surface area contributed by atoms with E-state index in [2.05, 4.69) is 5.32 Å². The Hall–Kier alpha value is -0.220. The average Bonchev–Trinajstić information content (AvgIpc) is 2.02. The van der Waals surface area contributed by atoms with Crippen LogP contribution in [0.25, 0.3) is 0 Å². The van der Waals surface area contributed by atoms with Crippen molar-refractivity contribution in [3.63, 3.8) is 0 Å². The minimum atomic E-state index is -2.65. The van der Waals surface area contributed by atoms with Crippen molar-refractivity contribution in [2.75, 3.05) is 19.7 Å². The second-order valence-corrected chi connectivity index (χ2v) is 2.90. The average molecular weight is 149 g/mol. The predicted octanol–water partition coefficient (Wildman–Crippen LogP) is 0.384. The molecule has 4 heteroatoms. The zero-order valence-electron chi connectivity index (χ0n) is 5.49. The van der Waals surface area contributed by atoms with Crippen molar-refractivity contribution in [1.82, 2.24) is 5.32 Å². The molecule has 2 nitrogen and oxygen atoms in total. The first-order valence-corrected chi connectivity index (χ1v) is 3.39. The maximum atomic E-state index is 12.9. The van der Waals surface area contributed by atoms with Crippen LogP contribution in [0.15, 0.2) is 0 Å². The zero-order valence-corrected chi connectivity index (χ0v) is 5.49. The third-order valence-electron chi connectivity index (χ3n) is 2.31. The van der Waals surface area contributed by atoms with Crippen LogP contribution in [0, 0.1) is 0 Å². The zero-order chi connectivity index (χ0) is 7.24. The Balaban J connectivity index is 2.20. The molecule has 0 radical (unpaired) electrons. The van der Waals surface area contributed by atoms with Gasteiger partial charge in [-0.2, -0.15) is 0 Å². The van der Waals surface area contributed by atoms with E-state index in [1.165, 1.54) is 0 Å². The van der Waals surface area contributed by atoms with Gasteiger partial charge in [0.05, 0.1) is 13.2 Å². The Morgan fingerprint density at radius 2 is 2.00 bits per heavy atom. The second-order valence-electron chi connectivity index (χ2n) is 2.90. The summed E-state index contributed by atoms with van der Waals surface area (Å²) in [6.45, 7) is 0.560. The van der Waals surface area contributed by atoms with E-state index >= 15 is 0 Å². The van der Waals surface area contributed by atoms with Crippen LogP contribution in [0.1, 0.15) is 6.42 Å². The molecular formula is C6H9F2NO. The van der Waals surface area contributed by atoms with Crippen molar-refractivity contribution in [2.24, 2.45) is 0 Å². The fraction of sp³-hybridized carbons (Fsp3) is 1.00. The summed E-state index contributed by atoms with van der Waals surface area (Å²) >= 11 is 0. The van der Waals surface area contributed by atoms with Gasteiger partial charge >= 0.3 is 0 Å². The Morgan fingerprint density at radius 1 is 1.30 bits per heavy atom. The monoisotopic (exact) mass is 149 g/mol. The molecule has 1 atom stereocenters. The standard InChI is InChI=1S/C6H9F2NO/c7-6(8)4-9-3-5(6)1-2-10-5/h9H,1-4H2. The molecule has 2 rings (SSSR count). The van der Waals surface area contributed by atoms with Gasteiger partial charge in [0.1, 0.15) is 5.60 Å². The van der Waals surface area contributed by atoms with Gasteiger partial charge in [0.2, 0.25) is 0 Å². The number of alkyl halides is 2. The highest BCUT2D eigenvalue weighted by Gasteiger charge is 2.61. The topological polar surface area (TPSA) is 21.3 Å². The van der Waals surface area contributed by atoms with E-state index in [9.17, 15) is 8.78 Å². The van der Waals surface area contributed by atoms with Crippen LogP contribution in [-0.4, -0.2) is 31.2 Å². The molecule has 0 aromatic carbocycles. The first-order chi connectivity index (χ1) is 4.66. The van der Waals surface area contributed by atoms with Crippen LogP contribution in [0.5, 0.6) is 0 Å². The summed E-state index contributed by atoms with van der Waals surface area (Å²) in [6.07, 6.45) is 0.493. The summed E-state index contributed by atoms with van der Waals surface area (Å²) in [4.78, 5) is 0. The molecule has 2 aliphatic heterocycles. The predicted molar refractivity (Wildman–Crippen MR) is 31.1 cm³/mol. The van der Waals surface area contributed by atoms with Crippen LogP contribution in [-0.2, 0) is 4.74 Å². The molecular weight excluding hydrogens is 140 g/mol. The SMILES string of the molecule is FC1(F)CNCC12CCO2. The molecule has 2 fully saturated rings. The van der Waals surface area contributed by atoms with Crippen molar-refractivity contribution in [3.05, 3.63) is 0 Å². The molecule has 1 N–H and O–H groups in total. The van der Waals surface area contributed by atoms with E-state index in [4.69, 9.17) is 4.74 Å². The Kier molecular flexibility index (Phi) is 1.09. The third-order valence-corrected chi connectivity index (χ3v) is 2.31. The number of rotatable bonds is 0. The summed E-state index contributed by atoms with van der Waals surface area (Å²) < 4.78 is 30.6. The van der Waals surface area contributed by atoms with Gasteiger partial charge in [0, 0.05) is 13.0 Å². The van der Waals surface area contributed by atoms with Gasteiger partial charge in [-0.05, 0) is 0 Å². The molecule has 0 aromatic rings. The molecule has 58 valence electrons. The normalized spacial score (nSPS) is 43.8. The van der Waals surface area contributed by atoms with Gasteiger partial charge < -0.3 is 10.1 Å². The maximum absolute atomic E-state index is 12.9. The van der Waals surface area contributed by atoms with Crippen LogP contribution >= 0.6 is 0 Å². The first kappa shape index (κ1) is 6.49. The number of hydrogen-bond donors (Lipinski definition) is 1. The molecule has 1 unspecified atom stereocenters. The molecule has 10 heavy (non-hydrogen) atoms. The first-order valence-electron chi connectivity index (χ1n) is 3.39. The van der Waals surface area contributed by atoms with Crippen LogP contribution in [0.3, 0.4) is 0 Å². The van der Waals surface area contributed by atoms with Gasteiger partial charge in [0.15, 0.2) is 0 Å². The van der Waals surface area contributed by atoms with Gasteiger partial charge in [-0.25, -0.2) is 8.78 Å². The van der Waals surface area contributed by atoms with E-state index < -0.39 is 11.5 Å². The number of ether oxygens (including phenoxy) is 1. The summed E-state index contributed by atoms with van der Waals surface area (Å²) in [5.41, 5.74) is -1.13. The van der Waals surface area contributed by atoms with E-state index in [1.807, 2.05) is 0 Å². The highest BCUT2D eigenvalue weighted by atomic mass is 19.3. The largest absolute Gasteiger partial charge is 0.367 e. The lowest BCUT2D eigenvalue weighted by atomic mass is 9.91. The molecule has 0 aromatic heterocycles. The smallest absolute Gasteiger partial charge is 0.289 e. The molecule has 0 bridgehead atoms. The number of nitrogens with one attached hydrogen (secondary N) is 1. The summed E-state index contributed by atoms with van der Waals surface area (Å²) in [5, 5.41) is 2.63. The lowest BCUT2D eigenvalue weighted by molar-refractivity contribution is -0.243. The summed E-state index contributed by atoms with van der Waals surface area (Å²) in [5.74, 6) is -2.65.